The Hall–Kier alpha value is -2.77. The van der Waals surface area contributed by atoms with E-state index in [0.29, 0.717) is 12.5 Å². The summed E-state index contributed by atoms with van der Waals surface area (Å²) >= 11 is 3.53. The van der Waals surface area contributed by atoms with Gasteiger partial charge < -0.3 is 9.74 Å². The first-order chi connectivity index (χ1) is 18.0. The van der Waals surface area contributed by atoms with Crippen LogP contribution >= 0.6 is 15.9 Å². The lowest BCUT2D eigenvalue weighted by Crippen LogP contribution is -2.56. The lowest BCUT2D eigenvalue weighted by Gasteiger charge is -2.49. The molecule has 2 aromatic carbocycles. The molecule has 0 atom stereocenters. The van der Waals surface area contributed by atoms with Gasteiger partial charge in [0.15, 0.2) is 0 Å². The Morgan fingerprint density at radius 1 is 1.05 bits per heavy atom. The summed E-state index contributed by atoms with van der Waals surface area (Å²) in [5, 5.41) is 5.47. The molecule has 2 aliphatic rings. The van der Waals surface area contributed by atoms with Crippen LogP contribution in [0.25, 0.3) is 10.9 Å². The largest absolute Gasteiger partial charge is 0.396 e. The van der Waals surface area contributed by atoms with Gasteiger partial charge >= 0.3 is 0 Å². The topological polar surface area (TPSA) is 58.0 Å². The van der Waals surface area contributed by atoms with E-state index in [1.165, 1.54) is 0 Å². The minimum atomic E-state index is 0.108. The minimum absolute atomic E-state index is 0.108. The average molecular weight is 564 g/mol. The smallest absolute Gasteiger partial charge is 0.254 e. The van der Waals surface area contributed by atoms with Crippen LogP contribution < -0.4 is 0 Å². The number of carbonyl (C=O) groups excluding carboxylic acids is 1. The first-order valence-corrected chi connectivity index (χ1v) is 14.1. The zero-order valence-electron chi connectivity index (χ0n) is 21.7. The number of piperidine rings is 2. The van der Waals surface area contributed by atoms with Gasteiger partial charge in [-0.2, -0.15) is 0 Å². The molecule has 6 nitrogen and oxygen atoms in total. The molecule has 2 saturated heterocycles. The van der Waals surface area contributed by atoms with E-state index in [-0.39, 0.29) is 11.4 Å². The third-order valence-electron chi connectivity index (χ3n) is 8.08. The number of oxime groups is 1. The lowest BCUT2D eigenvalue weighted by atomic mass is 9.82. The van der Waals surface area contributed by atoms with Crippen LogP contribution in [0, 0.1) is 5.92 Å². The van der Waals surface area contributed by atoms with E-state index < -0.39 is 0 Å². The summed E-state index contributed by atoms with van der Waals surface area (Å²) in [5.74, 6) is 0.500. The number of carbonyl (C=O) groups is 1. The summed E-state index contributed by atoms with van der Waals surface area (Å²) in [6.07, 6.45) is 5.86. The zero-order valence-corrected chi connectivity index (χ0v) is 23.3. The van der Waals surface area contributed by atoms with E-state index in [1.54, 1.807) is 6.20 Å². The first-order valence-electron chi connectivity index (χ1n) is 13.3. The van der Waals surface area contributed by atoms with Gasteiger partial charge in [-0.1, -0.05) is 45.4 Å². The third-order valence-corrected chi connectivity index (χ3v) is 8.61. The molecule has 0 spiro atoms. The minimum Gasteiger partial charge on any atom is -0.396 e. The van der Waals surface area contributed by atoms with Crippen LogP contribution in [0.3, 0.4) is 0 Å². The number of nitrogens with zero attached hydrogens (tertiary/aromatic N) is 4. The number of aromatic nitrogens is 1. The van der Waals surface area contributed by atoms with Crippen LogP contribution in [0.2, 0.25) is 0 Å². The van der Waals surface area contributed by atoms with Crippen LogP contribution in [0.5, 0.6) is 0 Å². The number of rotatable bonds is 6. The maximum absolute atomic E-state index is 13.4. The third kappa shape index (κ3) is 5.58. The SMILES string of the molecule is CCO/N=C(\c1ccc(Br)cc1)C1CCN(C2(C)CCN(C(=O)c3cccc4ncccc34)CC2)CC1. The Morgan fingerprint density at radius 3 is 2.49 bits per heavy atom. The molecule has 0 radical (unpaired) electrons. The quantitative estimate of drug-likeness (QED) is 0.267. The van der Waals surface area contributed by atoms with Gasteiger partial charge in [0.1, 0.15) is 6.61 Å². The highest BCUT2D eigenvalue weighted by atomic mass is 79.9. The van der Waals surface area contributed by atoms with E-state index in [9.17, 15) is 4.79 Å². The molecular formula is C30H35BrN4O2. The van der Waals surface area contributed by atoms with E-state index >= 15 is 0 Å². The van der Waals surface area contributed by atoms with Crippen LogP contribution in [0.1, 0.15) is 55.5 Å². The number of halogens is 1. The summed E-state index contributed by atoms with van der Waals surface area (Å²) in [6.45, 7) is 8.55. The van der Waals surface area contributed by atoms with Crippen molar-refractivity contribution in [3.05, 3.63) is 76.4 Å². The first kappa shape index (κ1) is 25.9. The molecule has 5 rings (SSSR count). The van der Waals surface area contributed by atoms with Gasteiger partial charge in [-0.25, -0.2) is 0 Å². The van der Waals surface area contributed by atoms with Crippen LogP contribution in [-0.2, 0) is 4.84 Å². The average Bonchev–Trinajstić information content (AvgIpc) is 2.94. The van der Waals surface area contributed by atoms with E-state index in [2.05, 4.69) is 62.2 Å². The number of pyridine rings is 1. The number of hydrogen-bond acceptors (Lipinski definition) is 5. The van der Waals surface area contributed by atoms with Crippen molar-refractivity contribution in [1.29, 1.82) is 0 Å². The fraction of sp³-hybridized carbons (Fsp3) is 0.433. The molecule has 0 unspecified atom stereocenters. The van der Waals surface area contributed by atoms with E-state index in [0.717, 1.165) is 84.1 Å². The van der Waals surface area contributed by atoms with Crippen LogP contribution in [-0.4, -0.2) is 64.7 Å². The monoisotopic (exact) mass is 562 g/mol. The predicted octanol–water partition coefficient (Wildman–Crippen LogP) is 6.14. The Bertz CT molecular complexity index is 1250. The Labute approximate surface area is 227 Å². The van der Waals surface area contributed by atoms with Crippen molar-refractivity contribution >= 4 is 38.5 Å². The number of benzene rings is 2. The van der Waals surface area contributed by atoms with Crippen molar-refractivity contribution in [2.45, 2.75) is 45.1 Å². The van der Waals surface area contributed by atoms with Gasteiger partial charge in [-0.15, -0.1) is 0 Å². The summed E-state index contributed by atoms with van der Waals surface area (Å²) in [4.78, 5) is 28.0. The summed E-state index contributed by atoms with van der Waals surface area (Å²) in [6, 6.07) is 18.1. The highest BCUT2D eigenvalue weighted by Gasteiger charge is 2.39. The normalized spacial score (nSPS) is 19.2. The molecule has 1 amide bonds. The van der Waals surface area contributed by atoms with E-state index in [1.807, 2.05) is 42.2 Å². The second-order valence-corrected chi connectivity index (χ2v) is 11.2. The van der Waals surface area contributed by atoms with Crippen molar-refractivity contribution in [3.8, 4) is 0 Å². The fourth-order valence-electron chi connectivity index (χ4n) is 5.78. The maximum atomic E-state index is 13.4. The molecule has 37 heavy (non-hydrogen) atoms. The molecule has 2 fully saturated rings. The maximum Gasteiger partial charge on any atom is 0.254 e. The molecule has 3 aromatic rings. The summed E-state index contributed by atoms with van der Waals surface area (Å²) in [5.41, 5.74) is 3.93. The fourth-order valence-corrected chi connectivity index (χ4v) is 6.04. The van der Waals surface area contributed by atoms with Crippen molar-refractivity contribution < 1.29 is 9.63 Å². The number of hydrogen-bond donors (Lipinski definition) is 0. The molecule has 7 heteroatoms. The molecule has 194 valence electrons. The zero-order chi connectivity index (χ0) is 25.8. The Kier molecular flexibility index (Phi) is 7.91. The standard InChI is InChI=1S/C30H35BrN4O2/c1-3-37-33-28(22-9-11-24(31)12-10-22)23-13-18-35(19-14-23)30(2)15-20-34(21-16-30)29(36)26-6-4-8-27-25(26)7-5-17-32-27/h4-12,17,23H,3,13-16,18-21H2,1-2H3/b33-28+. The highest BCUT2D eigenvalue weighted by molar-refractivity contribution is 9.10. The van der Waals surface area contributed by atoms with Crippen molar-refractivity contribution in [3.63, 3.8) is 0 Å². The number of likely N-dealkylation sites (tertiary alicyclic amines) is 2. The van der Waals surface area contributed by atoms with Crippen molar-refractivity contribution in [1.82, 2.24) is 14.8 Å². The van der Waals surface area contributed by atoms with Gasteiger partial charge in [0.25, 0.3) is 5.91 Å². The second-order valence-electron chi connectivity index (χ2n) is 10.3. The Morgan fingerprint density at radius 2 is 1.78 bits per heavy atom. The molecule has 0 N–H and O–H groups in total. The molecule has 2 aliphatic heterocycles. The molecule has 3 heterocycles. The van der Waals surface area contributed by atoms with Gasteiger partial charge in [0.2, 0.25) is 0 Å². The van der Waals surface area contributed by atoms with Gasteiger partial charge in [0.05, 0.1) is 11.2 Å². The lowest BCUT2D eigenvalue weighted by molar-refractivity contribution is 0.0162. The molecule has 0 saturated carbocycles. The summed E-state index contributed by atoms with van der Waals surface area (Å²) < 4.78 is 1.07. The van der Waals surface area contributed by atoms with Crippen molar-refractivity contribution in [2.75, 3.05) is 32.8 Å². The van der Waals surface area contributed by atoms with Crippen LogP contribution in [0.15, 0.2) is 70.4 Å². The predicted molar refractivity (Wildman–Crippen MR) is 152 cm³/mol. The van der Waals surface area contributed by atoms with E-state index in [4.69, 9.17) is 4.84 Å². The van der Waals surface area contributed by atoms with Gasteiger partial charge in [-0.05, 0) is 88.5 Å². The molecule has 0 aliphatic carbocycles. The molecule has 1 aromatic heterocycles. The van der Waals surface area contributed by atoms with Crippen LogP contribution in [0.4, 0.5) is 0 Å². The second kappa shape index (κ2) is 11.3. The number of amides is 1. The highest BCUT2D eigenvalue weighted by Crippen LogP contribution is 2.34. The Balaban J connectivity index is 1.21. The van der Waals surface area contributed by atoms with Crippen molar-refractivity contribution in [2.24, 2.45) is 11.1 Å². The van der Waals surface area contributed by atoms with Gasteiger partial charge in [-0.3, -0.25) is 14.7 Å². The molecule has 0 bridgehead atoms. The van der Waals surface area contributed by atoms with Gasteiger partial charge in [0, 0.05) is 46.2 Å². The number of fused-ring (bicyclic) bond motifs is 1. The summed E-state index contributed by atoms with van der Waals surface area (Å²) in [7, 11) is 0. The molecular weight excluding hydrogens is 528 g/mol.